The molecule has 1 unspecified atom stereocenters. The predicted molar refractivity (Wildman–Crippen MR) is 94.9 cm³/mol. The average Bonchev–Trinajstić information content (AvgIpc) is 3.37. The third-order valence-electron chi connectivity index (χ3n) is 5.16. The van der Waals surface area contributed by atoms with Gasteiger partial charge in [-0.15, -0.1) is 5.10 Å². The Morgan fingerprint density at radius 3 is 2.85 bits per heavy atom. The topological polar surface area (TPSA) is 104 Å². The summed E-state index contributed by atoms with van der Waals surface area (Å²) in [6, 6.07) is 7.30. The Morgan fingerprint density at radius 1 is 1.30 bits per heavy atom. The van der Waals surface area contributed by atoms with Crippen LogP contribution in [0.1, 0.15) is 39.0 Å². The molecule has 1 atom stereocenters. The van der Waals surface area contributed by atoms with Gasteiger partial charge in [-0.25, -0.2) is 0 Å². The number of carbonyl (C=O) groups is 2. The van der Waals surface area contributed by atoms with Crippen LogP contribution < -0.4 is 10.1 Å². The molecule has 4 rings (SSSR count). The van der Waals surface area contributed by atoms with E-state index in [1.807, 2.05) is 25.1 Å². The number of amides is 1. The van der Waals surface area contributed by atoms with Gasteiger partial charge in [-0.05, 0) is 44.7 Å². The molecule has 2 aromatic rings. The highest BCUT2D eigenvalue weighted by Crippen LogP contribution is 2.46. The number of carbonyl (C=O) groups excluding carboxylic acids is 2. The van der Waals surface area contributed by atoms with E-state index < -0.39 is 11.5 Å². The zero-order valence-corrected chi connectivity index (χ0v) is 15.1. The Labute approximate surface area is 156 Å². The number of hydrogen-bond donors (Lipinski definition) is 1. The molecular weight excluding hydrogens is 350 g/mol. The molecule has 1 aliphatic heterocycles. The Bertz CT molecular complexity index is 857. The maximum absolute atomic E-state index is 12.7. The highest BCUT2D eigenvalue weighted by Gasteiger charge is 2.54. The van der Waals surface area contributed by atoms with Crippen molar-refractivity contribution in [3.05, 3.63) is 24.3 Å². The lowest BCUT2D eigenvalue weighted by atomic mass is 9.85. The number of anilines is 1. The van der Waals surface area contributed by atoms with Crippen LogP contribution in [0.3, 0.4) is 0 Å². The quantitative estimate of drug-likeness (QED) is 0.806. The monoisotopic (exact) mass is 371 g/mol. The average molecular weight is 371 g/mol. The van der Waals surface area contributed by atoms with E-state index in [1.54, 1.807) is 6.07 Å². The normalized spacial score (nSPS) is 20.6. The molecule has 1 spiro atoms. The summed E-state index contributed by atoms with van der Waals surface area (Å²) in [5.74, 6) is -0.298. The molecule has 27 heavy (non-hydrogen) atoms. The van der Waals surface area contributed by atoms with E-state index >= 15 is 0 Å². The van der Waals surface area contributed by atoms with Crippen LogP contribution >= 0.6 is 0 Å². The molecule has 1 saturated carbocycles. The van der Waals surface area contributed by atoms with Gasteiger partial charge in [0.05, 0.1) is 24.5 Å². The molecule has 2 fully saturated rings. The lowest BCUT2D eigenvalue weighted by Crippen LogP contribution is -2.39. The fourth-order valence-corrected chi connectivity index (χ4v) is 3.95. The number of benzene rings is 1. The Kier molecular flexibility index (Phi) is 4.55. The second-order valence-electron chi connectivity index (χ2n) is 6.83. The van der Waals surface area contributed by atoms with Crippen molar-refractivity contribution in [3.8, 4) is 17.2 Å². The summed E-state index contributed by atoms with van der Waals surface area (Å²) in [5, 5.41) is 10.6. The van der Waals surface area contributed by atoms with E-state index in [0.29, 0.717) is 30.8 Å². The molecular formula is C19H21N3O5. The summed E-state index contributed by atoms with van der Waals surface area (Å²) in [7, 11) is 0. The first-order valence-corrected chi connectivity index (χ1v) is 9.20. The number of ether oxygens (including phenoxy) is 2. The van der Waals surface area contributed by atoms with Gasteiger partial charge in [0.25, 0.3) is 5.89 Å². The molecule has 1 aromatic carbocycles. The summed E-state index contributed by atoms with van der Waals surface area (Å²) >= 11 is 0. The first kappa shape index (κ1) is 17.5. The zero-order chi connectivity index (χ0) is 18.9. The first-order chi connectivity index (χ1) is 13.1. The molecule has 2 aliphatic rings. The van der Waals surface area contributed by atoms with Crippen LogP contribution in [0.5, 0.6) is 5.75 Å². The Morgan fingerprint density at radius 2 is 2.07 bits per heavy atom. The van der Waals surface area contributed by atoms with Gasteiger partial charge in [-0.1, -0.05) is 17.2 Å². The van der Waals surface area contributed by atoms with Crippen LogP contribution in [-0.2, 0) is 14.3 Å². The third kappa shape index (κ3) is 3.27. The van der Waals surface area contributed by atoms with Gasteiger partial charge < -0.3 is 13.9 Å². The van der Waals surface area contributed by atoms with Crippen molar-refractivity contribution in [3.63, 3.8) is 0 Å². The SMILES string of the molecule is CCOc1ccccc1-c1nnc(NC(=O)C2CC(=O)OC23CCCC3)o1. The van der Waals surface area contributed by atoms with Gasteiger partial charge >= 0.3 is 12.0 Å². The number of nitrogens with one attached hydrogen (secondary N) is 1. The standard InChI is InChI=1S/C19H21N3O5/c1-2-25-14-8-4-3-7-12(14)17-21-22-18(26-17)20-16(24)13-11-15(23)27-19(13)9-5-6-10-19/h3-4,7-8,13H,2,5-6,9-11H2,1H3,(H,20,22,24). The van der Waals surface area contributed by atoms with E-state index in [9.17, 15) is 9.59 Å². The minimum atomic E-state index is -0.675. The predicted octanol–water partition coefficient (Wildman–Crippen LogP) is 2.95. The summed E-state index contributed by atoms with van der Waals surface area (Å²) in [5.41, 5.74) is -0.0232. The summed E-state index contributed by atoms with van der Waals surface area (Å²) in [6.07, 6.45) is 3.42. The molecule has 2 heterocycles. The minimum absolute atomic E-state index is 0.00574. The minimum Gasteiger partial charge on any atom is -0.493 e. The lowest BCUT2D eigenvalue weighted by Gasteiger charge is -2.27. The fourth-order valence-electron chi connectivity index (χ4n) is 3.95. The van der Waals surface area contributed by atoms with Gasteiger partial charge in [0.2, 0.25) is 5.91 Å². The van der Waals surface area contributed by atoms with Gasteiger partial charge in [-0.3, -0.25) is 14.9 Å². The summed E-state index contributed by atoms with van der Waals surface area (Å²) < 4.78 is 16.7. The molecule has 8 heteroatoms. The van der Waals surface area contributed by atoms with Crippen LogP contribution in [0.4, 0.5) is 6.01 Å². The highest BCUT2D eigenvalue weighted by molar-refractivity contribution is 5.95. The molecule has 1 aliphatic carbocycles. The van der Waals surface area contributed by atoms with Crippen LogP contribution in [0, 0.1) is 5.92 Å². The smallest absolute Gasteiger partial charge is 0.322 e. The van der Waals surface area contributed by atoms with Gasteiger partial charge in [-0.2, -0.15) is 0 Å². The molecule has 8 nitrogen and oxygen atoms in total. The number of para-hydroxylation sites is 1. The molecule has 0 bridgehead atoms. The second kappa shape index (κ2) is 7.02. The van der Waals surface area contributed by atoms with Crippen molar-refractivity contribution in [2.24, 2.45) is 5.92 Å². The van der Waals surface area contributed by atoms with E-state index in [4.69, 9.17) is 13.9 Å². The van der Waals surface area contributed by atoms with Crippen LogP contribution in [0.15, 0.2) is 28.7 Å². The van der Waals surface area contributed by atoms with E-state index in [2.05, 4.69) is 15.5 Å². The summed E-state index contributed by atoms with van der Waals surface area (Å²) in [6.45, 7) is 2.40. The third-order valence-corrected chi connectivity index (χ3v) is 5.16. The number of nitrogens with zero attached hydrogens (tertiary/aromatic N) is 2. The lowest BCUT2D eigenvalue weighted by molar-refractivity contribution is -0.149. The largest absolute Gasteiger partial charge is 0.493 e. The number of hydrogen-bond acceptors (Lipinski definition) is 7. The van der Waals surface area contributed by atoms with E-state index in [1.165, 1.54) is 0 Å². The molecule has 1 saturated heterocycles. The van der Waals surface area contributed by atoms with Crippen molar-refractivity contribution in [2.45, 2.75) is 44.6 Å². The van der Waals surface area contributed by atoms with Gasteiger partial charge in [0, 0.05) is 0 Å². The highest BCUT2D eigenvalue weighted by atomic mass is 16.6. The number of rotatable bonds is 5. The number of esters is 1. The van der Waals surface area contributed by atoms with E-state index in [0.717, 1.165) is 12.8 Å². The second-order valence-corrected chi connectivity index (χ2v) is 6.83. The summed E-state index contributed by atoms with van der Waals surface area (Å²) in [4.78, 5) is 24.5. The van der Waals surface area contributed by atoms with Crippen LogP contribution in [0.2, 0.25) is 0 Å². The van der Waals surface area contributed by atoms with E-state index in [-0.39, 0.29) is 30.2 Å². The van der Waals surface area contributed by atoms with Crippen molar-refractivity contribution in [1.29, 1.82) is 0 Å². The molecule has 1 N–H and O–H groups in total. The van der Waals surface area contributed by atoms with Crippen molar-refractivity contribution in [2.75, 3.05) is 11.9 Å². The Balaban J connectivity index is 1.51. The first-order valence-electron chi connectivity index (χ1n) is 9.20. The Hall–Kier alpha value is -2.90. The number of aromatic nitrogens is 2. The maximum Gasteiger partial charge on any atom is 0.322 e. The fraction of sp³-hybridized carbons (Fsp3) is 0.474. The van der Waals surface area contributed by atoms with Gasteiger partial charge in [0.15, 0.2) is 0 Å². The van der Waals surface area contributed by atoms with Crippen LogP contribution in [0.25, 0.3) is 11.5 Å². The maximum atomic E-state index is 12.7. The molecule has 1 aromatic heterocycles. The molecule has 142 valence electrons. The van der Waals surface area contributed by atoms with Gasteiger partial charge in [0.1, 0.15) is 11.4 Å². The molecule has 1 amide bonds. The zero-order valence-electron chi connectivity index (χ0n) is 15.1. The van der Waals surface area contributed by atoms with Crippen molar-refractivity contribution in [1.82, 2.24) is 10.2 Å². The van der Waals surface area contributed by atoms with Crippen molar-refractivity contribution >= 4 is 17.9 Å². The van der Waals surface area contributed by atoms with Crippen LogP contribution in [-0.4, -0.2) is 34.3 Å². The molecule has 0 radical (unpaired) electrons. The van der Waals surface area contributed by atoms with Crippen molar-refractivity contribution < 1.29 is 23.5 Å².